The molecule has 0 saturated carbocycles. The van der Waals surface area contributed by atoms with Gasteiger partial charge in [-0.25, -0.2) is 4.98 Å². The summed E-state index contributed by atoms with van der Waals surface area (Å²) in [4.78, 5) is 9.07. The van der Waals surface area contributed by atoms with Crippen molar-refractivity contribution in [3.8, 4) is 11.3 Å². The van der Waals surface area contributed by atoms with Crippen LogP contribution in [0.3, 0.4) is 0 Å². The number of aromatic nitrogens is 2. The third-order valence-corrected chi connectivity index (χ3v) is 4.59. The summed E-state index contributed by atoms with van der Waals surface area (Å²) in [6, 6.07) is 13.7. The maximum absolute atomic E-state index is 8.19. The molecule has 0 aliphatic heterocycles. The van der Waals surface area contributed by atoms with Crippen LogP contribution in [-0.2, 0) is 6.42 Å². The molecule has 0 bridgehead atoms. The zero-order valence-electron chi connectivity index (χ0n) is 19.2. The average Bonchev–Trinajstić information content (AvgIpc) is 3.04. The van der Waals surface area contributed by atoms with Crippen LogP contribution in [0.2, 0.25) is 0 Å². The number of furan rings is 1. The van der Waals surface area contributed by atoms with Gasteiger partial charge >= 0.3 is 0 Å². The topological polar surface area (TPSA) is 38.9 Å². The van der Waals surface area contributed by atoms with Gasteiger partial charge in [0.25, 0.3) is 0 Å². The van der Waals surface area contributed by atoms with Gasteiger partial charge in [0.05, 0.1) is 5.69 Å². The number of hydrogen-bond acceptors (Lipinski definition) is 3. The second kappa shape index (κ2) is 6.56. The van der Waals surface area contributed by atoms with Gasteiger partial charge in [-0.15, -0.1) is 0 Å². The minimum Gasteiger partial charge on any atom is -0.437 e. The maximum atomic E-state index is 8.19. The highest BCUT2D eigenvalue weighted by molar-refractivity contribution is 6.08. The first-order chi connectivity index (χ1) is 14.1. The summed E-state index contributed by atoms with van der Waals surface area (Å²) in [6.45, 7) is 3.31. The van der Waals surface area contributed by atoms with E-state index in [1.807, 2.05) is 36.5 Å². The highest BCUT2D eigenvalue weighted by Gasteiger charge is 2.15. The molecule has 1 atom stereocenters. The minimum atomic E-state index is -2.39. The summed E-state index contributed by atoms with van der Waals surface area (Å²) < 4.78 is 37.1. The molecule has 0 radical (unpaired) electrons. The quantitative estimate of drug-likeness (QED) is 0.430. The molecule has 1 aromatic carbocycles. The molecular formula is C23H24N2O. The predicted octanol–water partition coefficient (Wildman–Crippen LogP) is 6.36. The van der Waals surface area contributed by atoms with Crippen LogP contribution >= 0.6 is 0 Å². The maximum Gasteiger partial charge on any atom is 0.227 e. The number of nitrogens with zero attached hydrogens (tertiary/aromatic N) is 2. The highest BCUT2D eigenvalue weighted by atomic mass is 16.3. The lowest BCUT2D eigenvalue weighted by atomic mass is 10.0. The Bertz CT molecular complexity index is 1230. The summed E-state index contributed by atoms with van der Waals surface area (Å²) in [6.07, 6.45) is 1.83. The van der Waals surface area contributed by atoms with E-state index < -0.39 is 12.7 Å². The molecule has 3 nitrogen and oxygen atoms in total. The molecule has 0 spiro atoms. The van der Waals surface area contributed by atoms with E-state index in [0.29, 0.717) is 22.9 Å². The molecule has 0 N–H and O–H groups in total. The van der Waals surface area contributed by atoms with E-state index in [1.54, 1.807) is 6.07 Å². The van der Waals surface area contributed by atoms with Crippen LogP contribution in [0.4, 0.5) is 0 Å². The fourth-order valence-corrected chi connectivity index (χ4v) is 3.24. The molecule has 0 aliphatic carbocycles. The molecule has 3 heterocycles. The van der Waals surface area contributed by atoms with Crippen molar-refractivity contribution in [1.29, 1.82) is 0 Å². The van der Waals surface area contributed by atoms with E-state index >= 15 is 0 Å². The number of benzene rings is 1. The zero-order chi connectivity index (χ0) is 21.7. The zero-order valence-corrected chi connectivity index (χ0v) is 15.2. The fraction of sp³-hybridized carbons (Fsp3) is 0.304. The number of para-hydroxylation sites is 1. The monoisotopic (exact) mass is 348 g/mol. The largest absolute Gasteiger partial charge is 0.437 e. The standard InChI is InChI=1S/C23H24N2O/c1-14(2)12-17-8-9-19-18-6-5-7-20(22(18)26-23(19)25-17)21-13-16(15(3)4)10-11-24-21/h5-11,13-15H,12H2,1-4H3/i1D3,14D. The molecule has 26 heavy (non-hydrogen) atoms. The summed E-state index contributed by atoms with van der Waals surface area (Å²) >= 11 is 0. The van der Waals surface area contributed by atoms with Crippen molar-refractivity contribution in [2.24, 2.45) is 5.89 Å². The highest BCUT2D eigenvalue weighted by Crippen LogP contribution is 2.35. The van der Waals surface area contributed by atoms with Crippen molar-refractivity contribution in [3.63, 3.8) is 0 Å². The molecule has 0 saturated heterocycles. The van der Waals surface area contributed by atoms with E-state index in [-0.39, 0.29) is 6.42 Å². The molecule has 3 heteroatoms. The van der Waals surface area contributed by atoms with Crippen LogP contribution in [0.15, 0.2) is 53.1 Å². The van der Waals surface area contributed by atoms with Crippen LogP contribution < -0.4 is 0 Å². The van der Waals surface area contributed by atoms with Gasteiger partial charge in [0.15, 0.2) is 0 Å². The molecule has 0 amide bonds. The Morgan fingerprint density at radius 3 is 2.81 bits per heavy atom. The van der Waals surface area contributed by atoms with E-state index in [0.717, 1.165) is 22.0 Å². The average molecular weight is 348 g/mol. The molecule has 3 aromatic heterocycles. The van der Waals surface area contributed by atoms with Crippen molar-refractivity contribution in [1.82, 2.24) is 9.97 Å². The van der Waals surface area contributed by atoms with E-state index in [9.17, 15) is 0 Å². The van der Waals surface area contributed by atoms with Gasteiger partial charge in [0.1, 0.15) is 5.58 Å². The van der Waals surface area contributed by atoms with Gasteiger partial charge in [-0.2, -0.15) is 0 Å². The number of rotatable bonds is 4. The van der Waals surface area contributed by atoms with Gasteiger partial charge in [0, 0.05) is 33.7 Å². The predicted molar refractivity (Wildman–Crippen MR) is 107 cm³/mol. The van der Waals surface area contributed by atoms with Gasteiger partial charge in [-0.1, -0.05) is 39.8 Å². The lowest BCUT2D eigenvalue weighted by molar-refractivity contribution is 0.621. The Labute approximate surface area is 159 Å². The van der Waals surface area contributed by atoms with Gasteiger partial charge in [0.2, 0.25) is 5.71 Å². The third-order valence-electron chi connectivity index (χ3n) is 4.59. The van der Waals surface area contributed by atoms with Crippen LogP contribution in [0, 0.1) is 5.89 Å². The van der Waals surface area contributed by atoms with Gasteiger partial charge in [-0.3, -0.25) is 4.98 Å². The van der Waals surface area contributed by atoms with Crippen LogP contribution in [-0.4, -0.2) is 9.97 Å². The van der Waals surface area contributed by atoms with Crippen molar-refractivity contribution >= 4 is 22.1 Å². The SMILES string of the molecule is [2H]C([2H])([2H])C([2H])(C)Cc1ccc2c(n1)oc1c(-c3cc(C(C)C)ccn3)cccc12. The summed E-state index contributed by atoms with van der Waals surface area (Å²) in [7, 11) is 0. The van der Waals surface area contributed by atoms with Crippen molar-refractivity contribution < 1.29 is 9.90 Å². The normalized spacial score (nSPS) is 16.9. The van der Waals surface area contributed by atoms with Crippen LogP contribution in [0.25, 0.3) is 33.3 Å². The number of pyridine rings is 2. The lowest BCUT2D eigenvalue weighted by Gasteiger charge is -2.07. The van der Waals surface area contributed by atoms with Crippen molar-refractivity contribution in [3.05, 3.63) is 59.9 Å². The first-order valence-electron chi connectivity index (χ1n) is 10.8. The van der Waals surface area contributed by atoms with E-state index in [1.165, 1.54) is 12.5 Å². The second-order valence-corrected chi connectivity index (χ2v) is 7.03. The van der Waals surface area contributed by atoms with Crippen molar-refractivity contribution in [2.45, 2.75) is 40.0 Å². The molecule has 0 fully saturated rings. The summed E-state index contributed by atoms with van der Waals surface area (Å²) in [5.41, 5.74) is 4.60. The Morgan fingerprint density at radius 2 is 2.00 bits per heavy atom. The molecule has 4 aromatic rings. The van der Waals surface area contributed by atoms with Crippen LogP contribution in [0.1, 0.15) is 50.3 Å². The molecule has 4 rings (SSSR count). The Morgan fingerprint density at radius 1 is 1.12 bits per heavy atom. The summed E-state index contributed by atoms with van der Waals surface area (Å²) in [5.74, 6) is -1.23. The number of fused-ring (bicyclic) bond motifs is 3. The Balaban J connectivity index is 1.82. The van der Waals surface area contributed by atoms with E-state index in [2.05, 4.69) is 29.9 Å². The van der Waals surface area contributed by atoms with Gasteiger partial charge < -0.3 is 4.42 Å². The smallest absolute Gasteiger partial charge is 0.227 e. The lowest BCUT2D eigenvalue weighted by Crippen LogP contribution is -1.96. The third kappa shape index (κ3) is 2.98. The fourth-order valence-electron chi connectivity index (χ4n) is 3.24. The Hall–Kier alpha value is -2.68. The first-order valence-corrected chi connectivity index (χ1v) is 8.84. The first kappa shape index (κ1) is 12.6. The minimum absolute atomic E-state index is 0.0152. The van der Waals surface area contributed by atoms with Crippen molar-refractivity contribution in [2.75, 3.05) is 0 Å². The number of hydrogen-bond donors (Lipinski definition) is 0. The summed E-state index contributed by atoms with van der Waals surface area (Å²) in [5, 5.41) is 1.79. The molecular weight excluding hydrogens is 320 g/mol. The van der Waals surface area contributed by atoms with Crippen LogP contribution in [0.5, 0.6) is 0 Å². The van der Waals surface area contributed by atoms with Gasteiger partial charge in [-0.05, 0) is 54.1 Å². The molecule has 0 aliphatic rings. The molecule has 132 valence electrons. The second-order valence-electron chi connectivity index (χ2n) is 7.03. The van der Waals surface area contributed by atoms with E-state index in [4.69, 9.17) is 9.90 Å². The Kier molecular flexibility index (Phi) is 3.19. The molecule has 1 unspecified atom stereocenters.